The molecule has 0 saturated carbocycles. The number of nitrogens with one attached hydrogen (secondary N) is 1. The van der Waals surface area contributed by atoms with Crippen molar-refractivity contribution >= 4 is 43.5 Å². The molecule has 0 amide bonds. The molecule has 21 heavy (non-hydrogen) atoms. The molecule has 5 heteroatoms. The fourth-order valence-electron chi connectivity index (χ4n) is 2.27. The molecule has 1 N–H and O–H groups in total. The summed E-state index contributed by atoms with van der Waals surface area (Å²) in [6, 6.07) is 10.7. The Morgan fingerprint density at radius 1 is 1.24 bits per heavy atom. The second kappa shape index (κ2) is 7.73. The van der Waals surface area contributed by atoms with Gasteiger partial charge in [-0.2, -0.15) is 0 Å². The minimum Gasteiger partial charge on any atom is -0.310 e. The Hall–Kier alpha value is -0.420. The molecule has 0 aliphatic heterocycles. The quantitative estimate of drug-likeness (QED) is 0.617. The molecule has 0 aliphatic carbocycles. The molecule has 0 bridgehead atoms. The third-order valence-corrected chi connectivity index (χ3v) is 4.77. The average molecular weight is 436 g/mol. The molecule has 0 spiro atoms. The summed E-state index contributed by atoms with van der Waals surface area (Å²) in [5.41, 5.74) is 1.62. The lowest BCUT2D eigenvalue weighted by molar-refractivity contribution is 0.508. The molecular weight excluding hydrogens is 420 g/mol. The molecule has 2 aromatic rings. The molecule has 0 aromatic heterocycles. The highest BCUT2D eigenvalue weighted by Crippen LogP contribution is 2.31. The molecule has 1 atom stereocenters. The Kier molecular flexibility index (Phi) is 6.23. The van der Waals surface area contributed by atoms with Crippen LogP contribution in [0.5, 0.6) is 0 Å². The summed E-state index contributed by atoms with van der Waals surface area (Å²) < 4.78 is 15.9. The van der Waals surface area contributed by atoms with Gasteiger partial charge < -0.3 is 5.32 Å². The van der Waals surface area contributed by atoms with Crippen molar-refractivity contribution in [3.05, 3.63) is 67.3 Å². The standard InChI is InChI=1S/C16H15Br2ClFN/c1-2-21-15(16-12(18)4-3-5-14(16)20)8-10-6-7-11(17)9-13(10)19/h3-7,9,15,21H,2,8H2,1H3. The van der Waals surface area contributed by atoms with Gasteiger partial charge in [0.15, 0.2) is 0 Å². The number of hydrogen-bond donors (Lipinski definition) is 1. The van der Waals surface area contributed by atoms with Gasteiger partial charge in [0.1, 0.15) is 5.82 Å². The average Bonchev–Trinajstić information content (AvgIpc) is 2.41. The Morgan fingerprint density at radius 3 is 2.62 bits per heavy atom. The predicted octanol–water partition coefficient (Wildman–Crippen LogP) is 5.90. The summed E-state index contributed by atoms with van der Waals surface area (Å²) in [4.78, 5) is 0. The molecular formula is C16H15Br2ClFN. The Balaban J connectivity index is 2.35. The second-order valence-corrected chi connectivity index (χ2v) is 6.86. The lowest BCUT2D eigenvalue weighted by Crippen LogP contribution is -2.24. The van der Waals surface area contributed by atoms with Crippen molar-refractivity contribution in [3.8, 4) is 0 Å². The highest BCUT2D eigenvalue weighted by molar-refractivity contribution is 9.10. The number of rotatable bonds is 5. The molecule has 0 radical (unpaired) electrons. The molecule has 0 aliphatic rings. The van der Waals surface area contributed by atoms with E-state index >= 15 is 0 Å². The van der Waals surface area contributed by atoms with E-state index in [9.17, 15) is 4.39 Å². The molecule has 112 valence electrons. The van der Waals surface area contributed by atoms with Gasteiger partial charge in [-0.1, -0.05) is 62.5 Å². The first kappa shape index (κ1) is 16.9. The lowest BCUT2D eigenvalue weighted by atomic mass is 9.98. The third kappa shape index (κ3) is 4.28. The Bertz CT molecular complexity index is 613. The van der Waals surface area contributed by atoms with Crippen LogP contribution in [0.15, 0.2) is 45.3 Å². The van der Waals surface area contributed by atoms with Crippen molar-refractivity contribution in [1.82, 2.24) is 5.32 Å². The summed E-state index contributed by atoms with van der Waals surface area (Å²) in [5, 5.41) is 4.01. The van der Waals surface area contributed by atoms with Crippen LogP contribution in [-0.2, 0) is 6.42 Å². The zero-order chi connectivity index (χ0) is 15.4. The van der Waals surface area contributed by atoms with E-state index in [-0.39, 0.29) is 11.9 Å². The largest absolute Gasteiger partial charge is 0.310 e. The summed E-state index contributed by atoms with van der Waals surface area (Å²) in [6.45, 7) is 2.75. The lowest BCUT2D eigenvalue weighted by Gasteiger charge is -2.21. The molecule has 1 unspecified atom stereocenters. The van der Waals surface area contributed by atoms with E-state index in [1.807, 2.05) is 31.2 Å². The van der Waals surface area contributed by atoms with Crippen LogP contribution >= 0.6 is 43.5 Å². The molecule has 0 saturated heterocycles. The van der Waals surface area contributed by atoms with Gasteiger partial charge >= 0.3 is 0 Å². The zero-order valence-corrected chi connectivity index (χ0v) is 15.4. The highest BCUT2D eigenvalue weighted by atomic mass is 79.9. The first-order valence-corrected chi connectivity index (χ1v) is 8.60. The zero-order valence-electron chi connectivity index (χ0n) is 11.5. The van der Waals surface area contributed by atoms with Crippen molar-refractivity contribution in [2.24, 2.45) is 0 Å². The number of halogens is 4. The van der Waals surface area contributed by atoms with E-state index in [1.165, 1.54) is 6.07 Å². The van der Waals surface area contributed by atoms with Crippen LogP contribution in [0.25, 0.3) is 0 Å². The van der Waals surface area contributed by atoms with Crippen LogP contribution in [-0.4, -0.2) is 6.54 Å². The second-order valence-electron chi connectivity index (χ2n) is 4.69. The summed E-state index contributed by atoms with van der Waals surface area (Å²) in [7, 11) is 0. The van der Waals surface area contributed by atoms with Gasteiger partial charge in [0, 0.05) is 25.6 Å². The maximum absolute atomic E-state index is 14.2. The van der Waals surface area contributed by atoms with Crippen LogP contribution in [0.3, 0.4) is 0 Å². The monoisotopic (exact) mass is 433 g/mol. The minimum absolute atomic E-state index is 0.135. The van der Waals surface area contributed by atoms with Gasteiger partial charge in [-0.25, -0.2) is 4.39 Å². The van der Waals surface area contributed by atoms with Gasteiger partial charge in [-0.3, -0.25) is 0 Å². The summed E-state index contributed by atoms with van der Waals surface area (Å²) >= 11 is 13.1. The molecule has 2 rings (SSSR count). The number of hydrogen-bond acceptors (Lipinski definition) is 1. The number of likely N-dealkylation sites (N-methyl/N-ethyl adjacent to an activating group) is 1. The molecule has 0 fully saturated rings. The Morgan fingerprint density at radius 2 is 2.00 bits per heavy atom. The van der Waals surface area contributed by atoms with Gasteiger partial charge in [0.05, 0.1) is 0 Å². The fraction of sp³-hybridized carbons (Fsp3) is 0.250. The Labute approximate surface area is 146 Å². The SMILES string of the molecule is CCNC(Cc1ccc(Br)cc1Cl)c1c(F)cccc1Br. The van der Waals surface area contributed by atoms with E-state index in [2.05, 4.69) is 37.2 Å². The summed E-state index contributed by atoms with van der Waals surface area (Å²) in [5.74, 6) is -0.219. The summed E-state index contributed by atoms with van der Waals surface area (Å²) in [6.07, 6.45) is 0.624. The topological polar surface area (TPSA) is 12.0 Å². The van der Waals surface area contributed by atoms with E-state index in [0.717, 1.165) is 21.1 Å². The van der Waals surface area contributed by atoms with Crippen molar-refractivity contribution in [2.75, 3.05) is 6.54 Å². The smallest absolute Gasteiger partial charge is 0.129 e. The first-order chi connectivity index (χ1) is 10.0. The van der Waals surface area contributed by atoms with Gasteiger partial charge in [0.2, 0.25) is 0 Å². The van der Waals surface area contributed by atoms with E-state index < -0.39 is 0 Å². The van der Waals surface area contributed by atoms with E-state index in [0.29, 0.717) is 17.0 Å². The molecule has 2 aromatic carbocycles. The van der Waals surface area contributed by atoms with Crippen molar-refractivity contribution < 1.29 is 4.39 Å². The first-order valence-electron chi connectivity index (χ1n) is 6.64. The molecule has 0 heterocycles. The van der Waals surface area contributed by atoms with Gasteiger partial charge in [-0.15, -0.1) is 0 Å². The van der Waals surface area contributed by atoms with Crippen LogP contribution in [0, 0.1) is 5.82 Å². The van der Waals surface area contributed by atoms with Crippen molar-refractivity contribution in [2.45, 2.75) is 19.4 Å². The normalized spacial score (nSPS) is 12.4. The minimum atomic E-state index is -0.219. The van der Waals surface area contributed by atoms with Crippen molar-refractivity contribution in [3.63, 3.8) is 0 Å². The fourth-order valence-corrected chi connectivity index (χ4v) is 3.64. The van der Waals surface area contributed by atoms with Gasteiger partial charge in [-0.05, 0) is 42.8 Å². The van der Waals surface area contributed by atoms with Crippen LogP contribution in [0.2, 0.25) is 5.02 Å². The predicted molar refractivity (Wildman–Crippen MR) is 93.4 cm³/mol. The van der Waals surface area contributed by atoms with Crippen molar-refractivity contribution in [1.29, 1.82) is 0 Å². The van der Waals surface area contributed by atoms with Gasteiger partial charge in [0.25, 0.3) is 0 Å². The third-order valence-electron chi connectivity index (χ3n) is 3.24. The molecule has 1 nitrogen and oxygen atoms in total. The highest BCUT2D eigenvalue weighted by Gasteiger charge is 2.19. The van der Waals surface area contributed by atoms with Crippen LogP contribution in [0.4, 0.5) is 4.39 Å². The number of benzene rings is 2. The maximum Gasteiger partial charge on any atom is 0.129 e. The van der Waals surface area contributed by atoms with Crippen LogP contribution < -0.4 is 5.32 Å². The van der Waals surface area contributed by atoms with Crippen LogP contribution in [0.1, 0.15) is 24.1 Å². The van der Waals surface area contributed by atoms with E-state index in [4.69, 9.17) is 11.6 Å². The maximum atomic E-state index is 14.2. The van der Waals surface area contributed by atoms with E-state index in [1.54, 1.807) is 6.07 Å².